The molecule has 0 amide bonds. The maximum Gasteiger partial charge on any atom is 0.314 e. The molecule has 86 valence electrons. The fourth-order valence-corrected chi connectivity index (χ4v) is 1.75. The van der Waals surface area contributed by atoms with Crippen LogP contribution < -0.4 is 0 Å². The number of esters is 1. The van der Waals surface area contributed by atoms with Crippen molar-refractivity contribution in [1.82, 2.24) is 0 Å². The van der Waals surface area contributed by atoms with Gasteiger partial charge in [0.2, 0.25) is 0 Å². The van der Waals surface area contributed by atoms with Crippen LogP contribution in [0.25, 0.3) is 0 Å². The van der Waals surface area contributed by atoms with Gasteiger partial charge in [-0.05, 0) is 18.4 Å². The molecule has 0 spiro atoms. The minimum absolute atomic E-state index is 0.0930. The second-order valence-corrected chi connectivity index (χ2v) is 4.46. The number of rotatable bonds is 7. The molecule has 0 radical (unpaired) electrons. The van der Waals surface area contributed by atoms with E-state index >= 15 is 0 Å². The van der Waals surface area contributed by atoms with Crippen molar-refractivity contribution in [3.8, 4) is 0 Å². The number of allylic oxidation sites excluding steroid dienone is 1. The summed E-state index contributed by atoms with van der Waals surface area (Å²) < 4.78 is 5.03. The molecule has 0 fully saturated rings. The van der Waals surface area contributed by atoms with Gasteiger partial charge in [0.15, 0.2) is 0 Å². The molecule has 1 heterocycles. The summed E-state index contributed by atoms with van der Waals surface area (Å²) in [4.78, 5) is 10.8. The number of ether oxygens (including phenoxy) is 1. The SMILES string of the molecule is CCC(C)CCCCCC1=CCC(=O)O1. The average Bonchev–Trinajstić information content (AvgIpc) is 2.63. The van der Waals surface area contributed by atoms with E-state index in [9.17, 15) is 4.79 Å². The molecule has 0 saturated heterocycles. The molecule has 0 aromatic rings. The van der Waals surface area contributed by atoms with E-state index in [4.69, 9.17) is 4.74 Å². The number of carbonyl (C=O) groups excluding carboxylic acids is 1. The van der Waals surface area contributed by atoms with Gasteiger partial charge in [-0.1, -0.05) is 39.5 Å². The summed E-state index contributed by atoms with van der Waals surface area (Å²) in [7, 11) is 0. The Morgan fingerprint density at radius 1 is 1.40 bits per heavy atom. The predicted molar refractivity (Wildman–Crippen MR) is 61.3 cm³/mol. The van der Waals surface area contributed by atoms with Gasteiger partial charge >= 0.3 is 5.97 Å². The minimum atomic E-state index is -0.0930. The highest BCUT2D eigenvalue weighted by molar-refractivity contribution is 5.75. The summed E-state index contributed by atoms with van der Waals surface area (Å²) in [5, 5.41) is 0. The van der Waals surface area contributed by atoms with E-state index in [-0.39, 0.29) is 5.97 Å². The summed E-state index contributed by atoms with van der Waals surface area (Å²) in [6.07, 6.45) is 9.63. The van der Waals surface area contributed by atoms with E-state index in [0.29, 0.717) is 6.42 Å². The van der Waals surface area contributed by atoms with Gasteiger partial charge in [-0.3, -0.25) is 4.79 Å². The first-order valence-electron chi connectivity index (χ1n) is 6.12. The van der Waals surface area contributed by atoms with Crippen molar-refractivity contribution in [2.75, 3.05) is 0 Å². The summed E-state index contributed by atoms with van der Waals surface area (Å²) >= 11 is 0. The molecule has 0 N–H and O–H groups in total. The third-order valence-electron chi connectivity index (χ3n) is 3.06. The van der Waals surface area contributed by atoms with Crippen LogP contribution in [0.5, 0.6) is 0 Å². The van der Waals surface area contributed by atoms with Crippen molar-refractivity contribution >= 4 is 5.97 Å². The molecular weight excluding hydrogens is 188 g/mol. The molecule has 1 aliphatic heterocycles. The Balaban J connectivity index is 1.95. The summed E-state index contributed by atoms with van der Waals surface area (Å²) in [6.45, 7) is 4.55. The highest BCUT2D eigenvalue weighted by Gasteiger charge is 2.13. The first-order valence-corrected chi connectivity index (χ1v) is 6.12. The zero-order valence-corrected chi connectivity index (χ0v) is 9.92. The average molecular weight is 210 g/mol. The van der Waals surface area contributed by atoms with E-state index in [1.807, 2.05) is 6.08 Å². The van der Waals surface area contributed by atoms with Crippen molar-refractivity contribution in [2.24, 2.45) is 5.92 Å². The van der Waals surface area contributed by atoms with E-state index < -0.39 is 0 Å². The maximum atomic E-state index is 10.8. The molecule has 2 nitrogen and oxygen atoms in total. The molecule has 0 saturated carbocycles. The smallest absolute Gasteiger partial charge is 0.314 e. The van der Waals surface area contributed by atoms with Crippen LogP contribution in [-0.2, 0) is 9.53 Å². The Morgan fingerprint density at radius 3 is 2.80 bits per heavy atom. The van der Waals surface area contributed by atoms with Gasteiger partial charge < -0.3 is 4.74 Å². The highest BCUT2D eigenvalue weighted by atomic mass is 16.5. The predicted octanol–water partition coefficient (Wildman–Crippen LogP) is 3.81. The Morgan fingerprint density at radius 2 is 2.20 bits per heavy atom. The van der Waals surface area contributed by atoms with Crippen LogP contribution >= 0.6 is 0 Å². The second kappa shape index (κ2) is 6.65. The fourth-order valence-electron chi connectivity index (χ4n) is 1.75. The van der Waals surface area contributed by atoms with Crippen LogP contribution in [0, 0.1) is 5.92 Å². The van der Waals surface area contributed by atoms with Gasteiger partial charge in [0.05, 0.1) is 6.42 Å². The third-order valence-corrected chi connectivity index (χ3v) is 3.06. The zero-order valence-electron chi connectivity index (χ0n) is 9.92. The normalized spacial score (nSPS) is 17.5. The molecule has 0 bridgehead atoms. The molecule has 1 aliphatic rings. The lowest BCUT2D eigenvalue weighted by Crippen LogP contribution is -1.94. The lowest BCUT2D eigenvalue weighted by atomic mass is 10.0. The lowest BCUT2D eigenvalue weighted by molar-refractivity contribution is -0.136. The third kappa shape index (κ3) is 5.01. The van der Waals surface area contributed by atoms with E-state index in [2.05, 4.69) is 13.8 Å². The van der Waals surface area contributed by atoms with Gasteiger partial charge in [0.1, 0.15) is 5.76 Å². The number of cyclic esters (lactones) is 1. The number of hydrogen-bond acceptors (Lipinski definition) is 2. The Labute approximate surface area is 92.7 Å². The molecule has 2 heteroatoms. The van der Waals surface area contributed by atoms with Crippen LogP contribution in [0.4, 0.5) is 0 Å². The van der Waals surface area contributed by atoms with Crippen molar-refractivity contribution in [2.45, 2.75) is 58.8 Å². The molecule has 0 aromatic carbocycles. The van der Waals surface area contributed by atoms with Crippen molar-refractivity contribution in [3.05, 3.63) is 11.8 Å². The molecule has 1 unspecified atom stereocenters. The first-order chi connectivity index (χ1) is 7.22. The van der Waals surface area contributed by atoms with Crippen molar-refractivity contribution in [3.63, 3.8) is 0 Å². The van der Waals surface area contributed by atoms with Crippen molar-refractivity contribution in [1.29, 1.82) is 0 Å². The fraction of sp³-hybridized carbons (Fsp3) is 0.769. The van der Waals surface area contributed by atoms with E-state index in [0.717, 1.165) is 24.5 Å². The van der Waals surface area contributed by atoms with Gasteiger partial charge in [-0.15, -0.1) is 0 Å². The molecule has 1 atom stereocenters. The minimum Gasteiger partial charge on any atom is -0.431 e. The maximum absolute atomic E-state index is 10.8. The molecule has 15 heavy (non-hydrogen) atoms. The monoisotopic (exact) mass is 210 g/mol. The van der Waals surface area contributed by atoms with Gasteiger partial charge in [-0.2, -0.15) is 0 Å². The highest BCUT2D eigenvalue weighted by Crippen LogP contribution is 2.19. The largest absolute Gasteiger partial charge is 0.431 e. The molecule has 1 rings (SSSR count). The number of carbonyl (C=O) groups is 1. The molecule has 0 aliphatic carbocycles. The molecular formula is C13H22O2. The summed E-state index contributed by atoms with van der Waals surface area (Å²) in [6, 6.07) is 0. The number of hydrogen-bond donors (Lipinski definition) is 0. The Bertz CT molecular complexity index is 231. The van der Waals surface area contributed by atoms with Gasteiger partial charge in [-0.25, -0.2) is 0 Å². The van der Waals surface area contributed by atoms with E-state index in [1.54, 1.807) is 0 Å². The van der Waals surface area contributed by atoms with Crippen LogP contribution in [0.3, 0.4) is 0 Å². The topological polar surface area (TPSA) is 26.3 Å². The second-order valence-electron chi connectivity index (χ2n) is 4.46. The Kier molecular flexibility index (Phi) is 5.44. The van der Waals surface area contributed by atoms with Gasteiger partial charge in [0, 0.05) is 6.42 Å². The van der Waals surface area contributed by atoms with Crippen LogP contribution in [-0.4, -0.2) is 5.97 Å². The van der Waals surface area contributed by atoms with Gasteiger partial charge in [0.25, 0.3) is 0 Å². The lowest BCUT2D eigenvalue weighted by Gasteiger charge is -2.07. The van der Waals surface area contributed by atoms with Crippen LogP contribution in [0.2, 0.25) is 0 Å². The summed E-state index contributed by atoms with van der Waals surface area (Å²) in [5.74, 6) is 1.65. The zero-order chi connectivity index (χ0) is 11.1. The Hall–Kier alpha value is -0.790. The van der Waals surface area contributed by atoms with Crippen LogP contribution in [0.1, 0.15) is 58.8 Å². The van der Waals surface area contributed by atoms with Crippen molar-refractivity contribution < 1.29 is 9.53 Å². The quantitative estimate of drug-likeness (QED) is 0.471. The number of unbranched alkanes of at least 4 members (excludes halogenated alkanes) is 2. The van der Waals surface area contributed by atoms with Crippen LogP contribution in [0.15, 0.2) is 11.8 Å². The first kappa shape index (κ1) is 12.3. The molecule has 0 aromatic heterocycles. The van der Waals surface area contributed by atoms with E-state index in [1.165, 1.54) is 25.7 Å². The summed E-state index contributed by atoms with van der Waals surface area (Å²) in [5.41, 5.74) is 0. The standard InChI is InChI=1S/C13H22O2/c1-3-11(2)7-5-4-6-8-12-9-10-13(14)15-12/h9,11H,3-8,10H2,1-2H3.